The van der Waals surface area contributed by atoms with Crippen LogP contribution in [0.4, 0.5) is 0 Å². The normalized spacial score (nSPS) is 11.6. The molecule has 21 heavy (non-hydrogen) atoms. The minimum absolute atomic E-state index is 0.507. The standard InChI is InChI=1S/C15H7BrCl2N2O/c16-9-1-2-13-8(3-9)4-14(21-13)12-7-20-6-10(17)5-11(18)15(20)19-12/h1-7H. The molecule has 4 rings (SSSR count). The quantitative estimate of drug-likeness (QED) is 0.416. The zero-order chi connectivity index (χ0) is 14.6. The van der Waals surface area contributed by atoms with Crippen molar-refractivity contribution in [1.82, 2.24) is 9.38 Å². The molecule has 0 aliphatic heterocycles. The first kappa shape index (κ1) is 13.2. The van der Waals surface area contributed by atoms with Gasteiger partial charge in [-0.15, -0.1) is 0 Å². The van der Waals surface area contributed by atoms with Crippen LogP contribution in [0.15, 0.2) is 51.6 Å². The second-order valence-corrected chi connectivity index (χ2v) is 6.42. The Hall–Kier alpha value is -1.49. The third kappa shape index (κ3) is 2.24. The van der Waals surface area contributed by atoms with Gasteiger partial charge in [-0.3, -0.25) is 0 Å². The highest BCUT2D eigenvalue weighted by molar-refractivity contribution is 9.10. The molecule has 3 nitrogen and oxygen atoms in total. The number of hydrogen-bond acceptors (Lipinski definition) is 2. The number of furan rings is 1. The number of fused-ring (bicyclic) bond motifs is 2. The average Bonchev–Trinajstić information content (AvgIpc) is 3.01. The monoisotopic (exact) mass is 380 g/mol. The number of rotatable bonds is 1. The number of benzene rings is 1. The third-order valence-electron chi connectivity index (χ3n) is 3.20. The summed E-state index contributed by atoms with van der Waals surface area (Å²) in [6.45, 7) is 0. The van der Waals surface area contributed by atoms with Gasteiger partial charge in [0.1, 0.15) is 11.3 Å². The van der Waals surface area contributed by atoms with Crippen molar-refractivity contribution in [3.8, 4) is 11.5 Å². The largest absolute Gasteiger partial charge is 0.454 e. The summed E-state index contributed by atoms with van der Waals surface area (Å²) in [4.78, 5) is 4.51. The molecule has 104 valence electrons. The van der Waals surface area contributed by atoms with Crippen LogP contribution in [0.5, 0.6) is 0 Å². The fourth-order valence-corrected chi connectivity index (χ4v) is 3.19. The molecule has 0 spiro atoms. The SMILES string of the molecule is Clc1cc(Cl)c2nc(-c3cc4cc(Br)ccc4o3)cn2c1. The average molecular weight is 382 g/mol. The van der Waals surface area contributed by atoms with E-state index in [-0.39, 0.29) is 0 Å². The molecule has 0 radical (unpaired) electrons. The summed E-state index contributed by atoms with van der Waals surface area (Å²) >= 11 is 15.6. The number of aromatic nitrogens is 2. The molecule has 3 heterocycles. The highest BCUT2D eigenvalue weighted by atomic mass is 79.9. The van der Waals surface area contributed by atoms with E-state index in [1.807, 2.05) is 30.5 Å². The first-order chi connectivity index (χ1) is 10.1. The molecule has 0 fully saturated rings. The van der Waals surface area contributed by atoms with Crippen LogP contribution in [0.3, 0.4) is 0 Å². The van der Waals surface area contributed by atoms with E-state index in [2.05, 4.69) is 20.9 Å². The molecule has 0 N–H and O–H groups in total. The molecule has 6 heteroatoms. The second-order valence-electron chi connectivity index (χ2n) is 4.66. The summed E-state index contributed by atoms with van der Waals surface area (Å²) in [5.74, 6) is 0.694. The molecule has 0 atom stereocenters. The summed E-state index contributed by atoms with van der Waals surface area (Å²) in [6.07, 6.45) is 3.61. The molecule has 0 unspecified atom stereocenters. The molecule has 0 saturated carbocycles. The predicted molar refractivity (Wildman–Crippen MR) is 88.1 cm³/mol. The van der Waals surface area contributed by atoms with Crippen LogP contribution >= 0.6 is 39.1 Å². The predicted octanol–water partition coefficient (Wildman–Crippen LogP) is 5.82. The van der Waals surface area contributed by atoms with Crippen molar-refractivity contribution >= 4 is 55.7 Å². The Bertz CT molecular complexity index is 990. The lowest BCUT2D eigenvalue weighted by Crippen LogP contribution is -1.82. The summed E-state index contributed by atoms with van der Waals surface area (Å²) in [7, 11) is 0. The topological polar surface area (TPSA) is 30.4 Å². The number of halogens is 3. The lowest BCUT2D eigenvalue weighted by atomic mass is 10.2. The summed E-state index contributed by atoms with van der Waals surface area (Å²) < 4.78 is 8.64. The highest BCUT2D eigenvalue weighted by Crippen LogP contribution is 2.31. The van der Waals surface area contributed by atoms with Crippen molar-refractivity contribution < 1.29 is 4.42 Å². The Morgan fingerprint density at radius 2 is 1.95 bits per heavy atom. The smallest absolute Gasteiger partial charge is 0.156 e. The van der Waals surface area contributed by atoms with Crippen LogP contribution in [0, 0.1) is 0 Å². The number of imidazole rings is 1. The Balaban J connectivity index is 1.93. The lowest BCUT2D eigenvalue weighted by molar-refractivity contribution is 0.629. The van der Waals surface area contributed by atoms with Gasteiger partial charge in [0.15, 0.2) is 11.4 Å². The summed E-state index contributed by atoms with van der Waals surface area (Å²) in [5.41, 5.74) is 2.18. The molecule has 0 aliphatic rings. The first-order valence-corrected chi connectivity index (χ1v) is 7.68. The lowest BCUT2D eigenvalue weighted by Gasteiger charge is -1.95. The van der Waals surface area contributed by atoms with Gasteiger partial charge in [-0.25, -0.2) is 4.98 Å². The molecule has 0 bridgehead atoms. The molecule has 0 aliphatic carbocycles. The van der Waals surface area contributed by atoms with Crippen LogP contribution in [-0.4, -0.2) is 9.38 Å². The van der Waals surface area contributed by atoms with Crippen molar-refractivity contribution in [3.63, 3.8) is 0 Å². The minimum Gasteiger partial charge on any atom is -0.454 e. The van der Waals surface area contributed by atoms with Crippen molar-refractivity contribution in [2.24, 2.45) is 0 Å². The van der Waals surface area contributed by atoms with Crippen LogP contribution in [0.2, 0.25) is 10.0 Å². The number of hydrogen-bond donors (Lipinski definition) is 0. The summed E-state index contributed by atoms with van der Waals surface area (Å²) in [5, 5.41) is 2.08. The number of pyridine rings is 1. The fraction of sp³-hybridized carbons (Fsp3) is 0. The number of nitrogens with zero attached hydrogens (tertiary/aromatic N) is 2. The van der Waals surface area contributed by atoms with Crippen LogP contribution < -0.4 is 0 Å². The Morgan fingerprint density at radius 3 is 2.81 bits per heavy atom. The van der Waals surface area contributed by atoms with Gasteiger partial charge in [-0.1, -0.05) is 39.1 Å². The van der Waals surface area contributed by atoms with Gasteiger partial charge < -0.3 is 8.82 Å². The van der Waals surface area contributed by atoms with Crippen molar-refractivity contribution in [2.45, 2.75) is 0 Å². The first-order valence-electron chi connectivity index (χ1n) is 6.13. The molecule has 4 aromatic rings. The van der Waals surface area contributed by atoms with Gasteiger partial charge >= 0.3 is 0 Å². The molecule has 0 saturated heterocycles. The summed E-state index contributed by atoms with van der Waals surface area (Å²) in [6, 6.07) is 9.49. The Kier molecular flexibility index (Phi) is 2.99. The van der Waals surface area contributed by atoms with E-state index in [1.165, 1.54) is 0 Å². The van der Waals surface area contributed by atoms with Crippen LogP contribution in [0.25, 0.3) is 28.1 Å². The van der Waals surface area contributed by atoms with Gasteiger partial charge in [0.25, 0.3) is 0 Å². The van der Waals surface area contributed by atoms with Gasteiger partial charge in [-0.2, -0.15) is 0 Å². The zero-order valence-corrected chi connectivity index (χ0v) is 13.6. The molecular weight excluding hydrogens is 375 g/mol. The highest BCUT2D eigenvalue weighted by Gasteiger charge is 2.12. The van der Waals surface area contributed by atoms with Crippen LogP contribution in [0.1, 0.15) is 0 Å². The van der Waals surface area contributed by atoms with E-state index in [1.54, 1.807) is 16.7 Å². The van der Waals surface area contributed by atoms with Crippen molar-refractivity contribution in [1.29, 1.82) is 0 Å². The van der Waals surface area contributed by atoms with Crippen molar-refractivity contribution in [3.05, 3.63) is 57.2 Å². The van der Waals surface area contributed by atoms with E-state index in [4.69, 9.17) is 27.6 Å². The maximum absolute atomic E-state index is 6.16. The maximum atomic E-state index is 6.16. The van der Waals surface area contributed by atoms with Crippen LogP contribution in [-0.2, 0) is 0 Å². The van der Waals surface area contributed by atoms with E-state index in [9.17, 15) is 0 Å². The van der Waals surface area contributed by atoms with Gasteiger partial charge in [0.2, 0.25) is 0 Å². The molecule has 3 aromatic heterocycles. The van der Waals surface area contributed by atoms with E-state index < -0.39 is 0 Å². The van der Waals surface area contributed by atoms with Gasteiger partial charge in [0.05, 0.1) is 10.0 Å². The van der Waals surface area contributed by atoms with E-state index >= 15 is 0 Å². The molecule has 1 aromatic carbocycles. The second kappa shape index (κ2) is 4.77. The molecule has 0 amide bonds. The van der Waals surface area contributed by atoms with Gasteiger partial charge in [-0.05, 0) is 30.3 Å². The van der Waals surface area contributed by atoms with E-state index in [0.29, 0.717) is 27.1 Å². The van der Waals surface area contributed by atoms with Crippen molar-refractivity contribution in [2.75, 3.05) is 0 Å². The third-order valence-corrected chi connectivity index (χ3v) is 4.18. The molecular formula is C15H7BrCl2N2O. The van der Waals surface area contributed by atoms with Gasteiger partial charge in [0, 0.05) is 22.3 Å². The fourth-order valence-electron chi connectivity index (χ4n) is 2.28. The Labute approximate surface area is 138 Å². The Morgan fingerprint density at radius 1 is 1.10 bits per heavy atom. The maximum Gasteiger partial charge on any atom is 0.156 e. The minimum atomic E-state index is 0.507. The van der Waals surface area contributed by atoms with E-state index in [0.717, 1.165) is 15.4 Å². The zero-order valence-electron chi connectivity index (χ0n) is 10.5.